The van der Waals surface area contributed by atoms with Crippen molar-refractivity contribution in [3.63, 3.8) is 0 Å². The van der Waals surface area contributed by atoms with Gasteiger partial charge in [-0.2, -0.15) is 4.68 Å². The molecule has 0 radical (unpaired) electrons. The van der Waals surface area contributed by atoms with Gasteiger partial charge in [-0.3, -0.25) is 9.78 Å². The molecular formula is C23H20N4O3. The molecule has 7 nitrogen and oxygen atoms in total. The molecule has 2 aromatic carbocycles. The van der Waals surface area contributed by atoms with E-state index in [0.717, 1.165) is 46.1 Å². The molecule has 4 aromatic rings. The lowest BCUT2D eigenvalue weighted by Crippen LogP contribution is -2.27. The van der Waals surface area contributed by atoms with Crippen LogP contribution in [0, 0.1) is 5.92 Å². The van der Waals surface area contributed by atoms with Crippen LogP contribution in [0.5, 0.6) is 0 Å². The van der Waals surface area contributed by atoms with E-state index in [-0.39, 0.29) is 12.3 Å². The molecule has 0 saturated heterocycles. The van der Waals surface area contributed by atoms with Crippen LogP contribution in [0.3, 0.4) is 0 Å². The van der Waals surface area contributed by atoms with Crippen LogP contribution in [0.4, 0.5) is 0 Å². The van der Waals surface area contributed by atoms with Crippen LogP contribution in [0.15, 0.2) is 53.3 Å². The number of para-hydroxylation sites is 1. The minimum atomic E-state index is -0.471. The second-order valence-corrected chi connectivity index (χ2v) is 7.75. The van der Waals surface area contributed by atoms with Gasteiger partial charge in [0.1, 0.15) is 5.52 Å². The quantitative estimate of drug-likeness (QED) is 0.491. The van der Waals surface area contributed by atoms with Crippen molar-refractivity contribution in [3.8, 4) is 0 Å². The van der Waals surface area contributed by atoms with Gasteiger partial charge in [0.2, 0.25) is 0 Å². The molecule has 2 aromatic heterocycles. The Morgan fingerprint density at radius 2 is 1.83 bits per heavy atom. The Balaban J connectivity index is 1.52. The van der Waals surface area contributed by atoms with Crippen molar-refractivity contribution in [1.82, 2.24) is 20.0 Å². The van der Waals surface area contributed by atoms with Gasteiger partial charge >= 0.3 is 5.97 Å². The zero-order valence-electron chi connectivity index (χ0n) is 16.5. The number of pyridine rings is 1. The van der Waals surface area contributed by atoms with Crippen LogP contribution in [-0.2, 0) is 24.3 Å². The summed E-state index contributed by atoms with van der Waals surface area (Å²) in [6.45, 7) is 1.88. The second kappa shape index (κ2) is 7.33. The van der Waals surface area contributed by atoms with Crippen LogP contribution in [-0.4, -0.2) is 25.9 Å². The highest BCUT2D eigenvalue weighted by molar-refractivity contribution is 6.05. The first-order chi connectivity index (χ1) is 14.6. The molecule has 0 saturated carbocycles. The largest absolute Gasteiger partial charge is 0.439 e. The molecule has 0 spiro atoms. The van der Waals surface area contributed by atoms with E-state index in [1.165, 1.54) is 0 Å². The zero-order valence-corrected chi connectivity index (χ0v) is 16.5. The third-order valence-electron chi connectivity index (χ3n) is 5.66. The van der Waals surface area contributed by atoms with Crippen LogP contribution in [0.25, 0.3) is 21.8 Å². The van der Waals surface area contributed by atoms with Crippen molar-refractivity contribution >= 4 is 27.8 Å². The molecule has 0 aliphatic heterocycles. The molecule has 0 N–H and O–H groups in total. The first kappa shape index (κ1) is 18.4. The summed E-state index contributed by atoms with van der Waals surface area (Å²) in [5, 5.41) is 9.14. The third-order valence-corrected chi connectivity index (χ3v) is 5.66. The van der Waals surface area contributed by atoms with Crippen molar-refractivity contribution < 1.29 is 9.53 Å². The second-order valence-electron chi connectivity index (χ2n) is 7.75. The van der Waals surface area contributed by atoms with Gasteiger partial charge in [-0.05, 0) is 48.9 Å². The summed E-state index contributed by atoms with van der Waals surface area (Å²) in [6.07, 6.45) is 2.68. The maximum atomic E-state index is 13.2. The maximum absolute atomic E-state index is 13.2. The summed E-state index contributed by atoms with van der Waals surface area (Å²) in [5.41, 5.74) is 3.40. The fourth-order valence-electron chi connectivity index (χ4n) is 4.10. The number of esters is 1. The first-order valence-corrected chi connectivity index (χ1v) is 10.0. The van der Waals surface area contributed by atoms with E-state index in [2.05, 4.69) is 17.2 Å². The molecule has 1 atom stereocenters. The number of rotatable bonds is 3. The number of fused-ring (bicyclic) bond motifs is 3. The Morgan fingerprint density at radius 1 is 1.10 bits per heavy atom. The van der Waals surface area contributed by atoms with E-state index >= 15 is 0 Å². The lowest BCUT2D eigenvalue weighted by molar-refractivity contribution is 0.0336. The van der Waals surface area contributed by atoms with Crippen molar-refractivity contribution in [2.45, 2.75) is 32.9 Å². The SMILES string of the molecule is CC1CCc2nc3ccccc3c(C(=O)OCn3nnc4ccccc4c3=O)c2C1. The zero-order chi connectivity index (χ0) is 20.7. The number of carbonyl (C=O) groups is 1. The maximum Gasteiger partial charge on any atom is 0.340 e. The van der Waals surface area contributed by atoms with E-state index in [1.54, 1.807) is 24.3 Å². The van der Waals surface area contributed by atoms with Gasteiger partial charge in [0.25, 0.3) is 5.56 Å². The van der Waals surface area contributed by atoms with Crippen LogP contribution >= 0.6 is 0 Å². The van der Waals surface area contributed by atoms with Crippen molar-refractivity contribution in [1.29, 1.82) is 0 Å². The summed E-state index contributed by atoms with van der Waals surface area (Å²) < 4.78 is 6.62. The number of aryl methyl sites for hydroxylation is 1. The fourth-order valence-corrected chi connectivity index (χ4v) is 4.10. The Bertz CT molecular complexity index is 1350. The Hall–Kier alpha value is -3.61. The number of ether oxygens (including phenoxy) is 1. The minimum absolute atomic E-state index is 0.295. The Kier molecular flexibility index (Phi) is 4.50. The normalized spacial score (nSPS) is 15.8. The molecule has 0 amide bonds. The molecule has 150 valence electrons. The molecule has 1 aliphatic carbocycles. The van der Waals surface area contributed by atoms with E-state index in [9.17, 15) is 9.59 Å². The van der Waals surface area contributed by atoms with Gasteiger partial charge < -0.3 is 4.74 Å². The predicted molar refractivity (Wildman–Crippen MR) is 112 cm³/mol. The molecule has 7 heteroatoms. The Labute approximate surface area is 172 Å². The van der Waals surface area contributed by atoms with Crippen LogP contribution in [0.1, 0.15) is 35.0 Å². The molecule has 30 heavy (non-hydrogen) atoms. The van der Waals surface area contributed by atoms with E-state index in [4.69, 9.17) is 9.72 Å². The summed E-state index contributed by atoms with van der Waals surface area (Å²) in [5.74, 6) is 0.00166. The summed E-state index contributed by atoms with van der Waals surface area (Å²) in [7, 11) is 0. The molecule has 5 rings (SSSR count). The smallest absolute Gasteiger partial charge is 0.340 e. The number of hydrogen-bond acceptors (Lipinski definition) is 6. The molecule has 1 unspecified atom stereocenters. The lowest BCUT2D eigenvalue weighted by Gasteiger charge is -2.24. The van der Waals surface area contributed by atoms with Crippen LogP contribution in [0.2, 0.25) is 0 Å². The van der Waals surface area contributed by atoms with E-state index < -0.39 is 5.97 Å². The average molecular weight is 400 g/mol. The van der Waals surface area contributed by atoms with Gasteiger partial charge in [-0.25, -0.2) is 4.79 Å². The van der Waals surface area contributed by atoms with Gasteiger partial charge in [-0.1, -0.05) is 42.5 Å². The highest BCUT2D eigenvalue weighted by atomic mass is 16.5. The number of nitrogens with zero attached hydrogens (tertiary/aromatic N) is 4. The number of benzene rings is 2. The lowest BCUT2D eigenvalue weighted by atomic mass is 9.84. The fraction of sp³-hybridized carbons (Fsp3) is 0.261. The van der Waals surface area contributed by atoms with E-state index in [1.807, 2.05) is 24.3 Å². The van der Waals surface area contributed by atoms with Crippen molar-refractivity contribution in [3.05, 3.63) is 75.7 Å². The predicted octanol–water partition coefficient (Wildman–Crippen LogP) is 3.28. The van der Waals surface area contributed by atoms with Gasteiger partial charge in [-0.15, -0.1) is 5.10 Å². The number of aromatic nitrogens is 4. The summed E-state index contributed by atoms with van der Waals surface area (Å²) >= 11 is 0. The summed E-state index contributed by atoms with van der Waals surface area (Å²) in [6, 6.07) is 14.5. The van der Waals surface area contributed by atoms with Crippen molar-refractivity contribution in [2.75, 3.05) is 0 Å². The number of hydrogen-bond donors (Lipinski definition) is 0. The molecular weight excluding hydrogens is 380 g/mol. The standard InChI is InChI=1S/C23H20N4O3/c1-14-10-11-19-17(12-14)21(15-6-2-4-8-18(15)24-19)23(29)30-13-27-22(28)16-7-3-5-9-20(16)25-26-27/h2-9,14H,10-13H2,1H3. The number of carbonyl (C=O) groups excluding carboxylic acids is 1. The monoisotopic (exact) mass is 400 g/mol. The minimum Gasteiger partial charge on any atom is -0.439 e. The summed E-state index contributed by atoms with van der Waals surface area (Å²) in [4.78, 5) is 30.6. The van der Waals surface area contributed by atoms with E-state index in [0.29, 0.717) is 22.4 Å². The molecule has 0 fully saturated rings. The topological polar surface area (TPSA) is 87.0 Å². The third kappa shape index (κ3) is 3.12. The molecule has 1 aliphatic rings. The van der Waals surface area contributed by atoms with Crippen LogP contribution < -0.4 is 5.56 Å². The van der Waals surface area contributed by atoms with Crippen molar-refractivity contribution in [2.24, 2.45) is 5.92 Å². The molecule has 2 heterocycles. The highest BCUT2D eigenvalue weighted by Gasteiger charge is 2.26. The van der Waals surface area contributed by atoms with Gasteiger partial charge in [0, 0.05) is 11.1 Å². The average Bonchev–Trinajstić information content (AvgIpc) is 2.77. The van der Waals surface area contributed by atoms with Gasteiger partial charge in [0.15, 0.2) is 6.73 Å². The van der Waals surface area contributed by atoms with Gasteiger partial charge in [0.05, 0.1) is 16.5 Å². The highest BCUT2D eigenvalue weighted by Crippen LogP contribution is 2.32. The first-order valence-electron chi connectivity index (χ1n) is 10.0. The Morgan fingerprint density at radius 3 is 2.67 bits per heavy atom. The molecule has 0 bridgehead atoms.